The topological polar surface area (TPSA) is 70.4 Å². The second-order valence-corrected chi connectivity index (χ2v) is 4.59. The molecule has 0 aromatic carbocycles. The number of nitrogens with two attached hydrogens (primary N) is 1. The first kappa shape index (κ1) is 12.5. The van der Waals surface area contributed by atoms with Crippen LogP contribution in [-0.2, 0) is 6.54 Å². The first-order valence-electron chi connectivity index (χ1n) is 6.57. The fourth-order valence-corrected chi connectivity index (χ4v) is 2.35. The monoisotopic (exact) mass is 271 g/mol. The SMILES string of the molecule is CCCn1cncc1-c1nc2c(OC)cccn2c1N. The molecule has 0 radical (unpaired) electrons. The highest BCUT2D eigenvalue weighted by molar-refractivity contribution is 5.75. The fourth-order valence-electron chi connectivity index (χ4n) is 2.35. The summed E-state index contributed by atoms with van der Waals surface area (Å²) in [6.07, 6.45) is 6.50. The molecule has 3 heterocycles. The van der Waals surface area contributed by atoms with Gasteiger partial charge in [0.2, 0.25) is 0 Å². The minimum absolute atomic E-state index is 0.594. The van der Waals surface area contributed by atoms with Gasteiger partial charge in [-0.3, -0.25) is 4.40 Å². The molecule has 20 heavy (non-hydrogen) atoms. The van der Waals surface area contributed by atoms with Gasteiger partial charge in [-0.15, -0.1) is 0 Å². The standard InChI is InChI=1S/C14H17N5O/c1-3-6-18-9-16-8-10(18)12-13(15)19-7-4-5-11(20-2)14(19)17-12/h4-5,7-9H,3,6,15H2,1-2H3. The molecule has 0 unspecified atom stereocenters. The summed E-state index contributed by atoms with van der Waals surface area (Å²) in [5.74, 6) is 1.30. The molecule has 2 N–H and O–H groups in total. The molecule has 104 valence electrons. The summed E-state index contributed by atoms with van der Waals surface area (Å²) in [5, 5.41) is 0. The number of anilines is 1. The Bertz CT molecular complexity index is 743. The zero-order valence-corrected chi connectivity index (χ0v) is 11.6. The molecule has 6 nitrogen and oxygen atoms in total. The van der Waals surface area contributed by atoms with Gasteiger partial charge in [-0.25, -0.2) is 9.97 Å². The van der Waals surface area contributed by atoms with Crippen LogP contribution in [0.15, 0.2) is 30.9 Å². The third-order valence-electron chi connectivity index (χ3n) is 3.29. The summed E-state index contributed by atoms with van der Waals surface area (Å²) in [6, 6.07) is 3.76. The number of methoxy groups -OCH3 is 1. The molecule has 6 heteroatoms. The van der Waals surface area contributed by atoms with Gasteiger partial charge in [0.05, 0.1) is 25.3 Å². The summed E-state index contributed by atoms with van der Waals surface area (Å²) < 4.78 is 9.22. The molecule has 0 aliphatic carbocycles. The van der Waals surface area contributed by atoms with Crippen molar-refractivity contribution in [3.63, 3.8) is 0 Å². The maximum absolute atomic E-state index is 6.22. The lowest BCUT2D eigenvalue weighted by molar-refractivity contribution is 0.417. The lowest BCUT2D eigenvalue weighted by Gasteiger charge is -2.04. The average molecular weight is 271 g/mol. The molecule has 3 aromatic rings. The minimum atomic E-state index is 0.594. The normalized spacial score (nSPS) is 11.1. The Morgan fingerprint density at radius 3 is 3.00 bits per heavy atom. The van der Waals surface area contributed by atoms with Crippen LogP contribution in [0.5, 0.6) is 5.75 Å². The largest absolute Gasteiger partial charge is 0.493 e. The van der Waals surface area contributed by atoms with E-state index in [-0.39, 0.29) is 0 Å². The van der Waals surface area contributed by atoms with Crippen LogP contribution in [0.25, 0.3) is 17.0 Å². The molecule has 0 bridgehead atoms. The van der Waals surface area contributed by atoms with Crippen LogP contribution >= 0.6 is 0 Å². The van der Waals surface area contributed by atoms with Crippen LogP contribution in [-0.4, -0.2) is 26.0 Å². The summed E-state index contributed by atoms with van der Waals surface area (Å²) in [5.41, 5.74) is 8.60. The summed E-state index contributed by atoms with van der Waals surface area (Å²) in [6.45, 7) is 3.01. The van der Waals surface area contributed by atoms with E-state index < -0.39 is 0 Å². The van der Waals surface area contributed by atoms with Crippen molar-refractivity contribution in [2.75, 3.05) is 12.8 Å². The highest BCUT2D eigenvalue weighted by Crippen LogP contribution is 2.30. The Morgan fingerprint density at radius 2 is 2.25 bits per heavy atom. The maximum Gasteiger partial charge on any atom is 0.181 e. The lowest BCUT2D eigenvalue weighted by atomic mass is 10.3. The maximum atomic E-state index is 6.22. The molecule has 0 saturated carbocycles. The quantitative estimate of drug-likeness (QED) is 0.789. The molecule has 0 aliphatic heterocycles. The number of nitrogen functional groups attached to an aromatic ring is 1. The minimum Gasteiger partial charge on any atom is -0.493 e. The predicted octanol–water partition coefficient (Wildman–Crippen LogP) is 2.20. The van der Waals surface area contributed by atoms with Crippen LogP contribution in [0, 0.1) is 0 Å². The zero-order valence-electron chi connectivity index (χ0n) is 11.6. The van der Waals surface area contributed by atoms with Gasteiger partial charge < -0.3 is 15.0 Å². The smallest absolute Gasteiger partial charge is 0.181 e. The number of aryl methyl sites for hydroxylation is 1. The van der Waals surface area contributed by atoms with Crippen molar-refractivity contribution in [1.29, 1.82) is 0 Å². The number of ether oxygens (including phenoxy) is 1. The fraction of sp³-hybridized carbons (Fsp3) is 0.286. The molecular weight excluding hydrogens is 254 g/mol. The number of nitrogens with zero attached hydrogens (tertiary/aromatic N) is 4. The van der Waals surface area contributed by atoms with Crippen molar-refractivity contribution in [2.24, 2.45) is 0 Å². The molecule has 0 spiro atoms. The van der Waals surface area contributed by atoms with Crippen molar-refractivity contribution in [3.05, 3.63) is 30.9 Å². The van der Waals surface area contributed by atoms with Gasteiger partial charge >= 0.3 is 0 Å². The van der Waals surface area contributed by atoms with Gasteiger partial charge in [0.15, 0.2) is 11.4 Å². The van der Waals surface area contributed by atoms with Crippen molar-refractivity contribution < 1.29 is 4.74 Å². The zero-order chi connectivity index (χ0) is 14.1. The number of imidazole rings is 2. The van der Waals surface area contributed by atoms with Gasteiger partial charge in [-0.2, -0.15) is 0 Å². The Balaban J connectivity index is 2.21. The van der Waals surface area contributed by atoms with E-state index in [1.807, 2.05) is 22.7 Å². The third-order valence-corrected chi connectivity index (χ3v) is 3.29. The van der Waals surface area contributed by atoms with Gasteiger partial charge in [0, 0.05) is 12.7 Å². The number of pyridine rings is 1. The number of aromatic nitrogens is 4. The van der Waals surface area contributed by atoms with Crippen LogP contribution in [0.4, 0.5) is 5.82 Å². The second-order valence-electron chi connectivity index (χ2n) is 4.59. The van der Waals surface area contributed by atoms with Crippen LogP contribution < -0.4 is 10.5 Å². The Hall–Kier alpha value is -2.50. The lowest BCUT2D eigenvalue weighted by Crippen LogP contribution is -2.00. The van der Waals surface area contributed by atoms with E-state index in [9.17, 15) is 0 Å². The summed E-state index contributed by atoms with van der Waals surface area (Å²) in [7, 11) is 1.63. The van der Waals surface area contributed by atoms with E-state index in [2.05, 4.69) is 21.5 Å². The van der Waals surface area contributed by atoms with E-state index >= 15 is 0 Å². The predicted molar refractivity (Wildman–Crippen MR) is 77.7 cm³/mol. The summed E-state index contributed by atoms with van der Waals surface area (Å²) >= 11 is 0. The summed E-state index contributed by atoms with van der Waals surface area (Å²) in [4.78, 5) is 8.82. The van der Waals surface area contributed by atoms with Crippen molar-refractivity contribution >= 4 is 11.5 Å². The number of fused-ring (bicyclic) bond motifs is 1. The van der Waals surface area contributed by atoms with Crippen LogP contribution in [0.2, 0.25) is 0 Å². The average Bonchev–Trinajstić information content (AvgIpc) is 3.04. The molecular formula is C14H17N5O. The highest BCUT2D eigenvalue weighted by Gasteiger charge is 2.16. The van der Waals surface area contributed by atoms with E-state index in [0.717, 1.165) is 24.4 Å². The molecule has 0 fully saturated rings. The molecule has 3 rings (SSSR count). The van der Waals surface area contributed by atoms with Crippen LogP contribution in [0.1, 0.15) is 13.3 Å². The molecule has 0 aliphatic rings. The van der Waals surface area contributed by atoms with Gasteiger partial charge in [0.25, 0.3) is 0 Å². The second kappa shape index (κ2) is 4.88. The number of hydrogen-bond donors (Lipinski definition) is 1. The van der Waals surface area contributed by atoms with Crippen molar-refractivity contribution in [2.45, 2.75) is 19.9 Å². The van der Waals surface area contributed by atoms with Gasteiger partial charge in [0.1, 0.15) is 11.5 Å². The number of hydrogen-bond acceptors (Lipinski definition) is 4. The van der Waals surface area contributed by atoms with E-state index in [1.165, 1.54) is 0 Å². The highest BCUT2D eigenvalue weighted by atomic mass is 16.5. The Labute approximate surface area is 116 Å². The molecule has 3 aromatic heterocycles. The number of rotatable bonds is 4. The molecule has 0 saturated heterocycles. The first-order valence-corrected chi connectivity index (χ1v) is 6.57. The van der Waals surface area contributed by atoms with E-state index in [0.29, 0.717) is 17.2 Å². The van der Waals surface area contributed by atoms with Gasteiger partial charge in [-0.05, 0) is 18.6 Å². The molecule has 0 amide bonds. The van der Waals surface area contributed by atoms with E-state index in [1.54, 1.807) is 19.6 Å². The van der Waals surface area contributed by atoms with Gasteiger partial charge in [-0.1, -0.05) is 6.92 Å². The van der Waals surface area contributed by atoms with E-state index in [4.69, 9.17) is 10.5 Å². The van der Waals surface area contributed by atoms with Crippen LogP contribution in [0.3, 0.4) is 0 Å². The molecule has 0 atom stereocenters. The third kappa shape index (κ3) is 1.80. The first-order chi connectivity index (χ1) is 9.76. The van der Waals surface area contributed by atoms with Crippen molar-refractivity contribution in [1.82, 2.24) is 18.9 Å². The Morgan fingerprint density at radius 1 is 1.40 bits per heavy atom. The van der Waals surface area contributed by atoms with Crippen molar-refractivity contribution in [3.8, 4) is 17.1 Å². The Kier molecular flexibility index (Phi) is 3.06.